The minimum Gasteiger partial charge on any atom is -0.444 e. The van der Waals surface area contributed by atoms with E-state index in [1.165, 1.54) is 6.07 Å². The molecule has 0 spiro atoms. The van der Waals surface area contributed by atoms with Gasteiger partial charge in [-0.1, -0.05) is 6.07 Å². The van der Waals surface area contributed by atoms with Crippen molar-refractivity contribution in [1.82, 2.24) is 15.2 Å². The lowest BCUT2D eigenvalue weighted by Gasteiger charge is -2.35. The van der Waals surface area contributed by atoms with Crippen LogP contribution in [-0.2, 0) is 4.74 Å². The molecule has 3 rings (SSSR count). The molecule has 0 atom stereocenters. The maximum absolute atomic E-state index is 13.7. The molecule has 2 heterocycles. The van der Waals surface area contributed by atoms with Crippen molar-refractivity contribution >= 4 is 22.7 Å². The molecule has 0 unspecified atom stereocenters. The molecule has 6 nitrogen and oxygen atoms in total. The number of carbonyl (C=O) groups excluding carboxylic acids is 1. The summed E-state index contributed by atoms with van der Waals surface area (Å²) in [6, 6.07) is 6.71. The molecule has 0 bridgehead atoms. The second-order valence-corrected chi connectivity index (χ2v) is 7.76. The Morgan fingerprint density at radius 2 is 1.96 bits per heavy atom. The van der Waals surface area contributed by atoms with E-state index < -0.39 is 5.60 Å². The van der Waals surface area contributed by atoms with Crippen LogP contribution in [-0.4, -0.2) is 60.8 Å². The second kappa shape index (κ2) is 8.08. The molecule has 1 saturated heterocycles. The number of aromatic nitrogens is 1. The van der Waals surface area contributed by atoms with Crippen molar-refractivity contribution in [3.63, 3.8) is 0 Å². The van der Waals surface area contributed by atoms with Crippen LogP contribution in [0.15, 0.2) is 30.5 Å². The standard InChI is InChI=1S/C20H27FN4O2/c1-20(2,3)27-19(26)23-8-9-24-10-12-25(13-11-24)18-17-14-16(21)5-4-15(17)6-7-22-18/h4-7,14H,8-13H2,1-3H3,(H,23,26). The number of hydrogen-bond acceptors (Lipinski definition) is 5. The van der Waals surface area contributed by atoms with Crippen molar-refractivity contribution in [2.24, 2.45) is 0 Å². The lowest BCUT2D eigenvalue weighted by molar-refractivity contribution is 0.0521. The Bertz CT molecular complexity index is 798. The summed E-state index contributed by atoms with van der Waals surface area (Å²) in [5.74, 6) is 0.585. The summed E-state index contributed by atoms with van der Waals surface area (Å²) in [5.41, 5.74) is -0.485. The van der Waals surface area contributed by atoms with Crippen molar-refractivity contribution in [3.8, 4) is 0 Å². The summed E-state index contributed by atoms with van der Waals surface area (Å²) in [5, 5.41) is 4.63. The molecule has 27 heavy (non-hydrogen) atoms. The first-order valence-corrected chi connectivity index (χ1v) is 9.30. The van der Waals surface area contributed by atoms with Crippen LogP contribution < -0.4 is 10.2 Å². The van der Waals surface area contributed by atoms with Gasteiger partial charge in [-0.2, -0.15) is 0 Å². The third-order valence-electron chi connectivity index (χ3n) is 4.48. The van der Waals surface area contributed by atoms with E-state index in [1.807, 2.05) is 26.8 Å². The Balaban J connectivity index is 1.51. The third kappa shape index (κ3) is 5.29. The molecule has 1 fully saturated rings. The summed E-state index contributed by atoms with van der Waals surface area (Å²) in [7, 11) is 0. The van der Waals surface area contributed by atoms with Crippen LogP contribution in [0.4, 0.5) is 15.0 Å². The summed E-state index contributed by atoms with van der Waals surface area (Å²) in [6.07, 6.45) is 1.38. The van der Waals surface area contributed by atoms with Gasteiger partial charge in [-0.3, -0.25) is 4.90 Å². The van der Waals surface area contributed by atoms with Gasteiger partial charge < -0.3 is 15.0 Å². The normalized spacial score (nSPS) is 15.8. The molecule has 1 aromatic carbocycles. The van der Waals surface area contributed by atoms with Gasteiger partial charge in [0.15, 0.2) is 0 Å². The number of anilines is 1. The van der Waals surface area contributed by atoms with Gasteiger partial charge in [-0.05, 0) is 44.4 Å². The van der Waals surface area contributed by atoms with Crippen LogP contribution in [0, 0.1) is 5.82 Å². The number of piperazine rings is 1. The molecule has 0 aliphatic carbocycles. The molecule has 1 N–H and O–H groups in total. The van der Waals surface area contributed by atoms with Crippen LogP contribution in [0.5, 0.6) is 0 Å². The molecule has 7 heteroatoms. The van der Waals surface area contributed by atoms with Crippen LogP contribution >= 0.6 is 0 Å². The van der Waals surface area contributed by atoms with Crippen molar-refractivity contribution in [2.45, 2.75) is 26.4 Å². The Hall–Kier alpha value is -2.41. The smallest absolute Gasteiger partial charge is 0.407 e. The fourth-order valence-electron chi connectivity index (χ4n) is 3.19. The minimum absolute atomic E-state index is 0.247. The zero-order valence-electron chi connectivity index (χ0n) is 16.2. The number of alkyl carbamates (subject to hydrolysis) is 1. The predicted octanol–water partition coefficient (Wildman–Crippen LogP) is 3.02. The van der Waals surface area contributed by atoms with E-state index in [4.69, 9.17) is 4.74 Å². The van der Waals surface area contributed by atoms with Gasteiger partial charge >= 0.3 is 6.09 Å². The van der Waals surface area contributed by atoms with Gasteiger partial charge in [0.25, 0.3) is 0 Å². The topological polar surface area (TPSA) is 57.7 Å². The first kappa shape index (κ1) is 19.4. The van der Waals surface area contributed by atoms with Crippen LogP contribution in [0.2, 0.25) is 0 Å². The average molecular weight is 374 g/mol. The number of ether oxygens (including phenoxy) is 1. The van der Waals surface area contributed by atoms with Gasteiger partial charge in [-0.15, -0.1) is 0 Å². The zero-order valence-corrected chi connectivity index (χ0v) is 16.2. The lowest BCUT2D eigenvalue weighted by atomic mass is 10.1. The molecule has 2 aromatic rings. The maximum atomic E-state index is 13.7. The molecule has 1 amide bonds. The fraction of sp³-hybridized carbons (Fsp3) is 0.500. The summed E-state index contributed by atoms with van der Waals surface area (Å²) >= 11 is 0. The first-order valence-electron chi connectivity index (χ1n) is 9.30. The highest BCUT2D eigenvalue weighted by Crippen LogP contribution is 2.26. The van der Waals surface area contributed by atoms with E-state index in [0.717, 1.165) is 49.3 Å². The van der Waals surface area contributed by atoms with Crippen molar-refractivity contribution in [2.75, 3.05) is 44.2 Å². The molecule has 1 aliphatic rings. The van der Waals surface area contributed by atoms with Gasteiger partial charge in [-0.25, -0.2) is 14.2 Å². The van der Waals surface area contributed by atoms with Gasteiger partial charge in [0.2, 0.25) is 0 Å². The molecular weight excluding hydrogens is 347 g/mol. The summed E-state index contributed by atoms with van der Waals surface area (Å²) in [4.78, 5) is 20.7. The zero-order chi connectivity index (χ0) is 19.4. The molecule has 146 valence electrons. The Labute approximate surface area is 159 Å². The van der Waals surface area contributed by atoms with E-state index in [0.29, 0.717) is 6.54 Å². The monoisotopic (exact) mass is 374 g/mol. The number of amides is 1. The number of rotatable bonds is 4. The Kier molecular flexibility index (Phi) is 5.79. The molecule has 0 radical (unpaired) electrons. The van der Waals surface area contributed by atoms with Crippen LogP contribution in [0.3, 0.4) is 0 Å². The number of benzene rings is 1. The van der Waals surface area contributed by atoms with Crippen molar-refractivity contribution < 1.29 is 13.9 Å². The Morgan fingerprint density at radius 3 is 2.67 bits per heavy atom. The maximum Gasteiger partial charge on any atom is 0.407 e. The van der Waals surface area contributed by atoms with Crippen molar-refractivity contribution in [1.29, 1.82) is 0 Å². The SMILES string of the molecule is CC(C)(C)OC(=O)NCCN1CCN(c2nccc3ccc(F)cc23)CC1. The van der Waals surface area contributed by atoms with Crippen LogP contribution in [0.1, 0.15) is 20.8 Å². The van der Waals surface area contributed by atoms with E-state index >= 15 is 0 Å². The van der Waals surface area contributed by atoms with E-state index in [1.54, 1.807) is 18.3 Å². The van der Waals surface area contributed by atoms with Gasteiger partial charge in [0.1, 0.15) is 17.2 Å². The number of nitrogens with zero attached hydrogens (tertiary/aromatic N) is 3. The largest absolute Gasteiger partial charge is 0.444 e. The van der Waals surface area contributed by atoms with E-state index in [9.17, 15) is 9.18 Å². The lowest BCUT2D eigenvalue weighted by Crippen LogP contribution is -2.49. The van der Waals surface area contributed by atoms with E-state index in [2.05, 4.69) is 20.1 Å². The molecule has 1 aromatic heterocycles. The number of pyridine rings is 1. The molecular formula is C20H27FN4O2. The van der Waals surface area contributed by atoms with Gasteiger partial charge in [0.05, 0.1) is 0 Å². The highest BCUT2D eigenvalue weighted by atomic mass is 19.1. The molecule has 0 saturated carbocycles. The quantitative estimate of drug-likeness (QED) is 0.892. The molecule has 1 aliphatic heterocycles. The fourth-order valence-corrected chi connectivity index (χ4v) is 3.19. The predicted molar refractivity (Wildman–Crippen MR) is 105 cm³/mol. The van der Waals surface area contributed by atoms with Gasteiger partial charge in [0, 0.05) is 50.9 Å². The Morgan fingerprint density at radius 1 is 1.22 bits per heavy atom. The average Bonchev–Trinajstić information content (AvgIpc) is 2.60. The first-order chi connectivity index (χ1) is 12.8. The van der Waals surface area contributed by atoms with Crippen LogP contribution in [0.25, 0.3) is 10.8 Å². The summed E-state index contributed by atoms with van der Waals surface area (Å²) in [6.45, 7) is 10.2. The minimum atomic E-state index is -0.485. The second-order valence-electron chi connectivity index (χ2n) is 7.76. The van der Waals surface area contributed by atoms with E-state index in [-0.39, 0.29) is 11.9 Å². The number of carbonyl (C=O) groups is 1. The third-order valence-corrected chi connectivity index (χ3v) is 4.48. The highest BCUT2D eigenvalue weighted by molar-refractivity contribution is 5.92. The number of hydrogen-bond donors (Lipinski definition) is 1. The number of halogens is 1. The summed E-state index contributed by atoms with van der Waals surface area (Å²) < 4.78 is 18.9. The van der Waals surface area contributed by atoms with Crippen molar-refractivity contribution in [3.05, 3.63) is 36.3 Å². The number of nitrogens with one attached hydrogen (secondary N) is 1. The highest BCUT2D eigenvalue weighted by Gasteiger charge is 2.20. The number of fused-ring (bicyclic) bond motifs is 1.